The number of nitrogens with one attached hydrogen (secondary N) is 1. The van der Waals surface area contributed by atoms with Crippen LogP contribution in [0.4, 0.5) is 4.79 Å². The van der Waals surface area contributed by atoms with Crippen molar-refractivity contribution in [3.63, 3.8) is 0 Å². The van der Waals surface area contributed by atoms with Gasteiger partial charge in [0.2, 0.25) is 0 Å². The zero-order valence-corrected chi connectivity index (χ0v) is 13.4. The molecule has 0 spiro atoms. The van der Waals surface area contributed by atoms with Gasteiger partial charge in [-0.05, 0) is 32.4 Å². The maximum Gasteiger partial charge on any atom is 0.317 e. The number of amides is 2. The van der Waals surface area contributed by atoms with E-state index in [0.717, 1.165) is 25.0 Å². The molecule has 116 valence electrons. The first kappa shape index (κ1) is 17.1. The first-order valence-electron chi connectivity index (χ1n) is 7.40. The normalized spacial score (nSPS) is 23.4. The summed E-state index contributed by atoms with van der Waals surface area (Å²) >= 11 is 1.90. The van der Waals surface area contributed by atoms with Crippen molar-refractivity contribution in [2.75, 3.05) is 12.3 Å². The highest BCUT2D eigenvalue weighted by Crippen LogP contribution is 2.30. The number of aliphatic carboxylic acids is 1. The van der Waals surface area contributed by atoms with E-state index in [0.29, 0.717) is 11.8 Å². The molecule has 2 amide bonds. The number of thioether (sulfide) groups is 1. The summed E-state index contributed by atoms with van der Waals surface area (Å²) in [5.41, 5.74) is 0. The molecule has 0 aromatic carbocycles. The molecule has 5 nitrogen and oxygen atoms in total. The molecule has 3 atom stereocenters. The fraction of sp³-hybridized carbons (Fsp3) is 0.857. The molecule has 0 bridgehead atoms. The third kappa shape index (κ3) is 4.89. The summed E-state index contributed by atoms with van der Waals surface area (Å²) in [7, 11) is 0. The van der Waals surface area contributed by atoms with Crippen LogP contribution in [0.1, 0.15) is 46.5 Å². The number of rotatable bonds is 7. The van der Waals surface area contributed by atoms with Crippen LogP contribution in [0.2, 0.25) is 0 Å². The fourth-order valence-electron chi connectivity index (χ4n) is 2.76. The monoisotopic (exact) mass is 302 g/mol. The van der Waals surface area contributed by atoms with E-state index >= 15 is 0 Å². The van der Waals surface area contributed by atoms with Gasteiger partial charge in [0.05, 0.1) is 6.42 Å². The van der Waals surface area contributed by atoms with E-state index in [1.165, 1.54) is 0 Å². The molecule has 3 unspecified atom stereocenters. The molecule has 0 aromatic rings. The van der Waals surface area contributed by atoms with E-state index in [9.17, 15) is 9.59 Å². The van der Waals surface area contributed by atoms with Crippen molar-refractivity contribution >= 4 is 23.8 Å². The summed E-state index contributed by atoms with van der Waals surface area (Å²) in [6, 6.07) is -0.190. The molecule has 0 saturated heterocycles. The van der Waals surface area contributed by atoms with Crippen LogP contribution < -0.4 is 5.32 Å². The van der Waals surface area contributed by atoms with E-state index < -0.39 is 5.97 Å². The molecule has 0 heterocycles. The summed E-state index contributed by atoms with van der Waals surface area (Å²) in [4.78, 5) is 24.7. The van der Waals surface area contributed by atoms with E-state index in [1.54, 1.807) is 11.8 Å². The Morgan fingerprint density at radius 1 is 1.40 bits per heavy atom. The maximum absolute atomic E-state index is 12.3. The van der Waals surface area contributed by atoms with Gasteiger partial charge in [-0.25, -0.2) is 4.79 Å². The van der Waals surface area contributed by atoms with Crippen LogP contribution in [0.15, 0.2) is 0 Å². The Bertz CT molecular complexity index is 338. The van der Waals surface area contributed by atoms with Crippen LogP contribution in [-0.2, 0) is 4.79 Å². The molecule has 6 heteroatoms. The second-order valence-electron chi connectivity index (χ2n) is 5.21. The van der Waals surface area contributed by atoms with Crippen molar-refractivity contribution in [1.29, 1.82) is 0 Å². The summed E-state index contributed by atoms with van der Waals surface area (Å²) in [5.74, 6) is 0.188. The van der Waals surface area contributed by atoms with Crippen LogP contribution in [0, 0.1) is 0 Å². The standard InChI is InChI=1S/C14H26N2O3S/c1-4-16(10(3)9-13(17)18)14(19)15-11-7-6-8-12(11)20-5-2/h10-12H,4-9H2,1-3H3,(H,15,19)(H,17,18). The number of nitrogens with zero attached hydrogens (tertiary/aromatic N) is 1. The highest BCUT2D eigenvalue weighted by molar-refractivity contribution is 7.99. The van der Waals surface area contributed by atoms with Crippen LogP contribution in [0.5, 0.6) is 0 Å². The fourth-order valence-corrected chi connectivity index (χ4v) is 3.96. The number of carboxylic acids is 1. The molecule has 1 aliphatic carbocycles. The highest BCUT2D eigenvalue weighted by atomic mass is 32.2. The molecule has 20 heavy (non-hydrogen) atoms. The quantitative estimate of drug-likeness (QED) is 0.758. The van der Waals surface area contributed by atoms with Gasteiger partial charge in [0.1, 0.15) is 0 Å². The van der Waals surface area contributed by atoms with Crippen LogP contribution >= 0.6 is 11.8 Å². The Balaban J connectivity index is 2.56. The number of hydrogen-bond acceptors (Lipinski definition) is 3. The van der Waals surface area contributed by atoms with Gasteiger partial charge in [-0.15, -0.1) is 0 Å². The second-order valence-corrected chi connectivity index (χ2v) is 6.73. The number of carbonyl (C=O) groups is 2. The van der Waals surface area contributed by atoms with Gasteiger partial charge in [-0.3, -0.25) is 4.79 Å². The van der Waals surface area contributed by atoms with E-state index in [-0.39, 0.29) is 24.5 Å². The predicted molar refractivity (Wildman–Crippen MR) is 82.2 cm³/mol. The van der Waals surface area contributed by atoms with Gasteiger partial charge in [0.15, 0.2) is 0 Å². The van der Waals surface area contributed by atoms with Crippen LogP contribution in [0.3, 0.4) is 0 Å². The molecular formula is C14H26N2O3S. The second kappa shape index (κ2) is 8.39. The topological polar surface area (TPSA) is 69.6 Å². The lowest BCUT2D eigenvalue weighted by Gasteiger charge is -2.30. The molecule has 1 saturated carbocycles. The third-order valence-electron chi connectivity index (χ3n) is 3.75. The smallest absolute Gasteiger partial charge is 0.317 e. The van der Waals surface area contributed by atoms with Crippen molar-refractivity contribution in [1.82, 2.24) is 10.2 Å². The highest BCUT2D eigenvalue weighted by Gasteiger charge is 2.30. The summed E-state index contributed by atoms with van der Waals surface area (Å²) in [5, 5.41) is 12.4. The molecule has 1 rings (SSSR count). The maximum atomic E-state index is 12.3. The number of urea groups is 1. The largest absolute Gasteiger partial charge is 0.481 e. The first-order valence-corrected chi connectivity index (χ1v) is 8.44. The predicted octanol–water partition coefficient (Wildman–Crippen LogP) is 2.56. The van der Waals surface area contributed by atoms with Crippen molar-refractivity contribution in [3.05, 3.63) is 0 Å². The molecule has 1 aliphatic rings. The average Bonchev–Trinajstić information content (AvgIpc) is 2.77. The van der Waals surface area contributed by atoms with Gasteiger partial charge >= 0.3 is 12.0 Å². The summed E-state index contributed by atoms with van der Waals surface area (Å²) in [6.45, 7) is 6.32. The number of hydrogen-bond donors (Lipinski definition) is 2. The SMILES string of the molecule is CCSC1CCCC1NC(=O)N(CC)C(C)CC(=O)O. The zero-order valence-electron chi connectivity index (χ0n) is 12.6. The van der Waals surface area contributed by atoms with Crippen LogP contribution in [-0.4, -0.2) is 51.6 Å². The van der Waals surface area contributed by atoms with Crippen molar-refractivity contribution < 1.29 is 14.7 Å². The van der Waals surface area contributed by atoms with E-state index in [2.05, 4.69) is 12.2 Å². The van der Waals surface area contributed by atoms with E-state index in [4.69, 9.17) is 5.11 Å². The van der Waals surface area contributed by atoms with Gasteiger partial charge in [0, 0.05) is 23.9 Å². The van der Waals surface area contributed by atoms with Crippen LogP contribution in [0.25, 0.3) is 0 Å². The molecular weight excluding hydrogens is 276 g/mol. The van der Waals surface area contributed by atoms with Gasteiger partial charge in [-0.2, -0.15) is 11.8 Å². The third-order valence-corrected chi connectivity index (χ3v) is 5.07. The lowest BCUT2D eigenvalue weighted by Crippen LogP contribution is -2.50. The Morgan fingerprint density at radius 2 is 2.10 bits per heavy atom. The Hall–Kier alpha value is -0.910. The Labute approximate surface area is 125 Å². The summed E-state index contributed by atoms with van der Waals surface area (Å²) < 4.78 is 0. The van der Waals surface area contributed by atoms with Gasteiger partial charge in [0.25, 0.3) is 0 Å². The summed E-state index contributed by atoms with van der Waals surface area (Å²) in [6.07, 6.45) is 3.31. The van der Waals surface area contributed by atoms with Gasteiger partial charge < -0.3 is 15.3 Å². The minimum absolute atomic E-state index is 0.0148. The molecule has 0 radical (unpaired) electrons. The minimum Gasteiger partial charge on any atom is -0.481 e. The Kier molecular flexibility index (Phi) is 7.19. The van der Waals surface area contributed by atoms with Crippen molar-refractivity contribution in [3.8, 4) is 0 Å². The first-order chi connectivity index (χ1) is 9.49. The molecule has 0 aliphatic heterocycles. The number of carbonyl (C=O) groups excluding carboxylic acids is 1. The lowest BCUT2D eigenvalue weighted by atomic mass is 10.2. The van der Waals surface area contributed by atoms with Gasteiger partial charge in [-0.1, -0.05) is 13.3 Å². The molecule has 1 fully saturated rings. The Morgan fingerprint density at radius 3 is 2.65 bits per heavy atom. The molecule has 0 aromatic heterocycles. The lowest BCUT2D eigenvalue weighted by molar-refractivity contribution is -0.138. The minimum atomic E-state index is -0.871. The average molecular weight is 302 g/mol. The van der Waals surface area contributed by atoms with E-state index in [1.807, 2.05) is 18.7 Å². The van der Waals surface area contributed by atoms with Crippen molar-refractivity contribution in [2.45, 2.75) is 63.8 Å². The van der Waals surface area contributed by atoms with Crippen molar-refractivity contribution in [2.24, 2.45) is 0 Å². The number of carboxylic acid groups (broad SMARTS) is 1. The zero-order chi connectivity index (χ0) is 15.1. The molecule has 2 N–H and O–H groups in total.